The molecule has 1 N–H and O–H groups in total. The Kier molecular flexibility index (Phi) is 10.2. The summed E-state index contributed by atoms with van der Waals surface area (Å²) in [6.45, 7) is 15.1. The molecule has 8 aromatic rings. The summed E-state index contributed by atoms with van der Waals surface area (Å²) in [4.78, 5) is 10.1. The Bertz CT molecular complexity index is 2660. The van der Waals surface area contributed by atoms with Gasteiger partial charge in [-0.3, -0.25) is 9.55 Å². The first-order chi connectivity index (χ1) is 25.9. The zero-order chi connectivity index (χ0) is 37.9. The number of para-hydroxylation sites is 1. The summed E-state index contributed by atoms with van der Waals surface area (Å²) >= 11 is 0. The van der Waals surface area contributed by atoms with E-state index >= 15 is 4.39 Å². The number of halogens is 1. The van der Waals surface area contributed by atoms with Gasteiger partial charge in [-0.25, -0.2) is 9.37 Å². The maximum absolute atomic E-state index is 16.7. The van der Waals surface area contributed by atoms with E-state index in [0.29, 0.717) is 39.1 Å². The first-order valence-electron chi connectivity index (χ1n) is 18.5. The van der Waals surface area contributed by atoms with Gasteiger partial charge in [0.05, 0.1) is 28.8 Å². The van der Waals surface area contributed by atoms with Crippen molar-refractivity contribution in [2.24, 2.45) is 0 Å². The number of furan rings is 1. The molecule has 0 amide bonds. The predicted molar refractivity (Wildman–Crippen MR) is 218 cm³/mol. The van der Waals surface area contributed by atoms with Crippen molar-refractivity contribution in [3.63, 3.8) is 0 Å². The van der Waals surface area contributed by atoms with Crippen molar-refractivity contribution in [1.29, 1.82) is 0 Å². The molecular weight excluding hydrogens is 865 g/mol. The molecule has 0 unspecified atom stereocenters. The molecule has 55 heavy (non-hydrogen) atoms. The quantitative estimate of drug-likeness (QED) is 0.162. The van der Waals surface area contributed by atoms with Crippen LogP contribution in [0.2, 0.25) is 0 Å². The SMILES string of the molecule is CC(C)c1cccc(C(C)C)c1-n1c(-c2c(O)ccc3ccoc23)nc2c(-c3[c-]c(-c4cc(-c5ccccc5)ccn4)cc(C(C)(C)C)c3)c(F)ccc21.[Pt]. The van der Waals surface area contributed by atoms with E-state index in [1.54, 1.807) is 18.4 Å². The Morgan fingerprint density at radius 1 is 0.764 bits per heavy atom. The normalized spacial score (nSPS) is 11.9. The molecule has 0 aliphatic carbocycles. The van der Waals surface area contributed by atoms with E-state index in [1.807, 2.05) is 48.7 Å². The number of rotatable bonds is 7. The topological polar surface area (TPSA) is 64.1 Å². The Morgan fingerprint density at radius 2 is 1.47 bits per heavy atom. The van der Waals surface area contributed by atoms with Gasteiger partial charge in [0.1, 0.15) is 16.9 Å². The van der Waals surface area contributed by atoms with Gasteiger partial charge in [0.2, 0.25) is 0 Å². The van der Waals surface area contributed by atoms with Gasteiger partial charge in [0.15, 0.2) is 5.82 Å². The molecule has 3 heterocycles. The second-order valence-corrected chi connectivity index (χ2v) is 15.7. The summed E-state index contributed by atoms with van der Waals surface area (Å²) in [6, 6.07) is 37.0. The minimum Gasteiger partial charge on any atom is -0.507 e. The third-order valence-electron chi connectivity index (χ3n) is 10.3. The summed E-state index contributed by atoms with van der Waals surface area (Å²) in [6.07, 6.45) is 3.42. The molecule has 5 nitrogen and oxygen atoms in total. The van der Waals surface area contributed by atoms with E-state index in [2.05, 4.69) is 102 Å². The molecule has 8 rings (SSSR count). The summed E-state index contributed by atoms with van der Waals surface area (Å²) in [5.41, 5.74) is 10.6. The van der Waals surface area contributed by atoms with Gasteiger partial charge in [-0.05, 0) is 81.5 Å². The molecule has 0 radical (unpaired) electrons. The molecule has 0 aliphatic heterocycles. The van der Waals surface area contributed by atoms with Gasteiger partial charge in [-0.1, -0.05) is 109 Å². The van der Waals surface area contributed by atoms with E-state index in [0.717, 1.165) is 50.1 Å². The number of imidazole rings is 1. The van der Waals surface area contributed by atoms with Crippen molar-refractivity contribution >= 4 is 22.0 Å². The van der Waals surface area contributed by atoms with E-state index in [9.17, 15) is 5.11 Å². The molecule has 0 fully saturated rings. The Hall–Kier alpha value is -5.32. The van der Waals surface area contributed by atoms with Gasteiger partial charge in [-0.15, -0.1) is 29.3 Å². The summed E-state index contributed by atoms with van der Waals surface area (Å²) in [5, 5.41) is 12.4. The number of hydrogen-bond donors (Lipinski definition) is 1. The molecule has 0 bridgehead atoms. The molecule has 0 saturated heterocycles. The van der Waals surface area contributed by atoms with Gasteiger partial charge in [0.25, 0.3) is 0 Å². The van der Waals surface area contributed by atoms with E-state index < -0.39 is 5.82 Å². The van der Waals surface area contributed by atoms with Crippen LogP contribution >= 0.6 is 0 Å². The Balaban J connectivity index is 0.00000465. The Labute approximate surface area is 336 Å². The fraction of sp³-hybridized carbons (Fsp3) is 0.208. The predicted octanol–water partition coefficient (Wildman–Crippen LogP) is 13.0. The maximum atomic E-state index is 16.7. The summed E-state index contributed by atoms with van der Waals surface area (Å²) in [7, 11) is 0. The number of pyridine rings is 1. The van der Waals surface area contributed by atoms with Crippen molar-refractivity contribution in [2.45, 2.75) is 65.7 Å². The van der Waals surface area contributed by atoms with Crippen molar-refractivity contribution < 1.29 is 35.0 Å². The summed E-state index contributed by atoms with van der Waals surface area (Å²) < 4.78 is 24.9. The number of fused-ring (bicyclic) bond motifs is 2. The van der Waals surface area contributed by atoms with Crippen molar-refractivity contribution in [3.8, 4) is 56.3 Å². The van der Waals surface area contributed by atoms with Gasteiger partial charge in [-0.2, -0.15) is 0 Å². The fourth-order valence-corrected chi connectivity index (χ4v) is 7.44. The average molecular weight is 908 g/mol. The molecule has 7 heteroatoms. The van der Waals surface area contributed by atoms with Crippen LogP contribution in [0.4, 0.5) is 4.39 Å². The third-order valence-corrected chi connectivity index (χ3v) is 10.3. The van der Waals surface area contributed by atoms with Gasteiger partial charge in [0, 0.05) is 38.3 Å². The van der Waals surface area contributed by atoms with E-state index in [1.165, 1.54) is 6.07 Å². The van der Waals surface area contributed by atoms with Crippen LogP contribution in [0.5, 0.6) is 5.75 Å². The monoisotopic (exact) mass is 907 g/mol. The first-order valence-corrected chi connectivity index (χ1v) is 18.5. The maximum Gasteiger partial charge on any atom is 0.152 e. The Morgan fingerprint density at radius 3 is 2.16 bits per heavy atom. The van der Waals surface area contributed by atoms with Gasteiger partial charge < -0.3 is 9.52 Å². The minimum absolute atomic E-state index is 0. The van der Waals surface area contributed by atoms with Crippen LogP contribution in [-0.2, 0) is 26.5 Å². The largest absolute Gasteiger partial charge is 0.507 e. The van der Waals surface area contributed by atoms with Crippen LogP contribution in [0.1, 0.15) is 77.0 Å². The molecular formula is C48H43FN3O2Pt-. The van der Waals surface area contributed by atoms with Crippen molar-refractivity contribution in [3.05, 3.63) is 144 Å². The molecule has 0 spiro atoms. The van der Waals surface area contributed by atoms with Crippen molar-refractivity contribution in [1.82, 2.24) is 14.5 Å². The average Bonchev–Trinajstić information content (AvgIpc) is 3.79. The fourth-order valence-electron chi connectivity index (χ4n) is 7.44. The number of nitrogens with zero attached hydrogens (tertiary/aromatic N) is 3. The van der Waals surface area contributed by atoms with E-state index in [4.69, 9.17) is 14.4 Å². The zero-order valence-electron chi connectivity index (χ0n) is 32.0. The molecule has 0 saturated carbocycles. The number of hydrogen-bond acceptors (Lipinski definition) is 4. The van der Waals surface area contributed by atoms with Crippen LogP contribution in [0.3, 0.4) is 0 Å². The summed E-state index contributed by atoms with van der Waals surface area (Å²) in [5.74, 6) is 0.400. The first kappa shape index (κ1) is 38.0. The van der Waals surface area contributed by atoms with Crippen LogP contribution in [0.25, 0.3) is 72.6 Å². The van der Waals surface area contributed by atoms with Gasteiger partial charge >= 0.3 is 0 Å². The second-order valence-electron chi connectivity index (χ2n) is 15.7. The molecule has 280 valence electrons. The molecule has 3 aromatic heterocycles. The molecule has 0 atom stereocenters. The van der Waals surface area contributed by atoms with Crippen LogP contribution < -0.4 is 0 Å². The van der Waals surface area contributed by atoms with Crippen LogP contribution in [-0.4, -0.2) is 19.6 Å². The molecule has 0 aliphatic rings. The second kappa shape index (κ2) is 14.7. The number of phenols is 1. The standard InChI is InChI=1S/C48H43FN3O2.Pt/c1-28(2)36-14-11-15-37(29(3)4)45(36)52-40-18-17-38(49)42(44(40)51-47(52)43-41(53)19-16-31-21-23-54-46(31)43)34-24-33(25-35(26-34)48(5,6)7)39-27-32(20-22-50-39)30-12-9-8-10-13-30;/h8-23,25-29,53H,1-7H3;/q-1;. The molecule has 5 aromatic carbocycles. The van der Waals surface area contributed by atoms with Crippen LogP contribution in [0.15, 0.2) is 120 Å². The number of aromatic nitrogens is 3. The number of benzene rings is 5. The van der Waals surface area contributed by atoms with Crippen LogP contribution in [0, 0.1) is 11.9 Å². The number of aromatic hydroxyl groups is 1. The third kappa shape index (κ3) is 6.82. The zero-order valence-corrected chi connectivity index (χ0v) is 34.3. The van der Waals surface area contributed by atoms with E-state index in [-0.39, 0.29) is 44.1 Å². The minimum atomic E-state index is -0.417. The smallest absolute Gasteiger partial charge is 0.152 e. The van der Waals surface area contributed by atoms with Crippen molar-refractivity contribution in [2.75, 3.05) is 0 Å². The number of phenolic OH excluding ortho intramolecular Hbond substituents is 1.